The van der Waals surface area contributed by atoms with Crippen LogP contribution in [0.3, 0.4) is 0 Å². The van der Waals surface area contributed by atoms with Crippen LogP contribution in [0.25, 0.3) is 0 Å². The number of hydrogen-bond acceptors (Lipinski definition) is 2. The van der Waals surface area contributed by atoms with Crippen LogP contribution in [0.2, 0.25) is 0 Å². The van der Waals surface area contributed by atoms with Gasteiger partial charge in [0.2, 0.25) is 0 Å². The maximum absolute atomic E-state index is 9.99. The molecule has 2 fully saturated rings. The lowest BCUT2D eigenvalue weighted by Crippen LogP contribution is -2.60. The van der Waals surface area contributed by atoms with Gasteiger partial charge in [-0.05, 0) is 29.9 Å². The first-order chi connectivity index (χ1) is 7.25. The Bertz CT molecular complexity index is 349. The summed E-state index contributed by atoms with van der Waals surface area (Å²) in [7, 11) is 0. The summed E-state index contributed by atoms with van der Waals surface area (Å²) in [6.45, 7) is 1.47. The smallest absolute Gasteiger partial charge is 0.0935 e. The zero-order valence-electron chi connectivity index (χ0n) is 8.87. The Balaban J connectivity index is 1.69. The molecule has 3 rings (SSSR count). The van der Waals surface area contributed by atoms with E-state index < -0.39 is 5.60 Å². The first-order valence-electron chi connectivity index (χ1n) is 5.77. The van der Waals surface area contributed by atoms with Crippen molar-refractivity contribution in [1.29, 1.82) is 0 Å². The Morgan fingerprint density at radius 3 is 2.33 bits per heavy atom. The lowest BCUT2D eigenvalue weighted by atomic mass is 9.89. The molecule has 2 aliphatic rings. The van der Waals surface area contributed by atoms with E-state index in [1.807, 2.05) is 0 Å². The molecule has 1 heterocycles. The van der Waals surface area contributed by atoms with Crippen molar-refractivity contribution in [3.63, 3.8) is 0 Å². The number of β-amino-alcohol motifs (C(OH)–C–C–N with tert-alkyl or cyclic N) is 1. The predicted molar refractivity (Wildman–Crippen MR) is 59.9 cm³/mol. The van der Waals surface area contributed by atoms with Crippen molar-refractivity contribution in [2.75, 3.05) is 13.1 Å². The Labute approximate surface area is 90.3 Å². The fraction of sp³-hybridized carbons (Fsp3) is 0.538. The first-order valence-corrected chi connectivity index (χ1v) is 5.77. The summed E-state index contributed by atoms with van der Waals surface area (Å²) >= 11 is 0. The van der Waals surface area contributed by atoms with Crippen LogP contribution < -0.4 is 5.32 Å². The van der Waals surface area contributed by atoms with Gasteiger partial charge < -0.3 is 10.4 Å². The van der Waals surface area contributed by atoms with Gasteiger partial charge in [-0.3, -0.25) is 0 Å². The maximum atomic E-state index is 9.99. The lowest BCUT2D eigenvalue weighted by molar-refractivity contribution is -0.00902. The molecule has 1 saturated carbocycles. The Kier molecular flexibility index (Phi) is 2.08. The minimum atomic E-state index is -0.485. The molecule has 0 unspecified atom stereocenters. The zero-order valence-corrected chi connectivity index (χ0v) is 8.87. The van der Waals surface area contributed by atoms with E-state index in [-0.39, 0.29) is 0 Å². The van der Waals surface area contributed by atoms with Crippen molar-refractivity contribution in [2.45, 2.75) is 30.8 Å². The van der Waals surface area contributed by atoms with Crippen molar-refractivity contribution in [1.82, 2.24) is 5.32 Å². The second-order valence-electron chi connectivity index (χ2n) is 5.02. The molecule has 1 aromatic carbocycles. The highest BCUT2D eigenvalue weighted by molar-refractivity contribution is 5.29. The molecule has 0 aromatic heterocycles. The highest BCUT2D eigenvalue weighted by Gasteiger charge is 2.34. The molecule has 2 heteroatoms. The van der Waals surface area contributed by atoms with Gasteiger partial charge in [-0.15, -0.1) is 0 Å². The van der Waals surface area contributed by atoms with E-state index in [4.69, 9.17) is 0 Å². The number of hydrogen-bond donors (Lipinski definition) is 2. The molecule has 15 heavy (non-hydrogen) atoms. The van der Waals surface area contributed by atoms with Gasteiger partial charge in [-0.1, -0.05) is 24.3 Å². The van der Waals surface area contributed by atoms with Crippen molar-refractivity contribution in [3.05, 3.63) is 35.4 Å². The average Bonchev–Trinajstić information content (AvgIpc) is 3.00. The zero-order chi connectivity index (χ0) is 10.3. The van der Waals surface area contributed by atoms with Gasteiger partial charge in [0.15, 0.2) is 0 Å². The molecular weight excluding hydrogens is 186 g/mol. The highest BCUT2D eigenvalue weighted by Crippen LogP contribution is 2.40. The summed E-state index contributed by atoms with van der Waals surface area (Å²) in [5.74, 6) is 0.826. The molecule has 0 radical (unpaired) electrons. The van der Waals surface area contributed by atoms with Crippen molar-refractivity contribution < 1.29 is 5.11 Å². The van der Waals surface area contributed by atoms with Gasteiger partial charge >= 0.3 is 0 Å². The van der Waals surface area contributed by atoms with Crippen LogP contribution in [-0.2, 0) is 6.42 Å². The topological polar surface area (TPSA) is 32.3 Å². The number of nitrogens with one attached hydrogen (secondary N) is 1. The van der Waals surface area contributed by atoms with Crippen molar-refractivity contribution >= 4 is 0 Å². The second kappa shape index (κ2) is 3.32. The Morgan fingerprint density at radius 2 is 1.87 bits per heavy atom. The van der Waals surface area contributed by atoms with Crippen LogP contribution in [0.15, 0.2) is 24.3 Å². The van der Waals surface area contributed by atoms with E-state index in [9.17, 15) is 5.11 Å². The van der Waals surface area contributed by atoms with E-state index in [0.717, 1.165) is 25.4 Å². The van der Waals surface area contributed by atoms with Gasteiger partial charge in [-0.2, -0.15) is 0 Å². The fourth-order valence-corrected chi connectivity index (χ4v) is 2.24. The molecule has 1 aromatic rings. The van der Waals surface area contributed by atoms with E-state index in [1.165, 1.54) is 24.0 Å². The second-order valence-corrected chi connectivity index (χ2v) is 5.02. The summed E-state index contributed by atoms with van der Waals surface area (Å²) in [6, 6.07) is 8.79. The van der Waals surface area contributed by atoms with Crippen LogP contribution in [0.1, 0.15) is 29.9 Å². The Morgan fingerprint density at radius 1 is 1.20 bits per heavy atom. The molecule has 2 nitrogen and oxygen atoms in total. The third kappa shape index (κ3) is 1.92. The summed E-state index contributed by atoms with van der Waals surface area (Å²) < 4.78 is 0. The monoisotopic (exact) mass is 203 g/mol. The predicted octanol–water partition coefficient (Wildman–Crippen LogP) is 1.44. The molecule has 1 aliphatic carbocycles. The normalized spacial score (nSPS) is 23.5. The number of benzene rings is 1. The highest BCUT2D eigenvalue weighted by atomic mass is 16.3. The van der Waals surface area contributed by atoms with Gasteiger partial charge in [0.1, 0.15) is 0 Å². The van der Waals surface area contributed by atoms with Gasteiger partial charge in [0.25, 0.3) is 0 Å². The van der Waals surface area contributed by atoms with E-state index in [0.29, 0.717) is 0 Å². The minimum Gasteiger partial charge on any atom is -0.387 e. The van der Waals surface area contributed by atoms with Crippen molar-refractivity contribution in [3.8, 4) is 0 Å². The molecule has 0 amide bonds. The maximum Gasteiger partial charge on any atom is 0.0935 e. The molecule has 80 valence electrons. The fourth-order valence-electron chi connectivity index (χ4n) is 2.24. The van der Waals surface area contributed by atoms with Gasteiger partial charge in [0.05, 0.1) is 5.60 Å². The largest absolute Gasteiger partial charge is 0.387 e. The summed E-state index contributed by atoms with van der Waals surface area (Å²) in [5.41, 5.74) is 2.24. The quantitative estimate of drug-likeness (QED) is 0.779. The molecule has 0 spiro atoms. The van der Waals surface area contributed by atoms with Crippen molar-refractivity contribution in [2.24, 2.45) is 0 Å². The SMILES string of the molecule is OC1(Cc2ccc(C3CC3)cc2)CNC1. The molecular formula is C13H17NO. The molecule has 0 atom stereocenters. The molecule has 2 N–H and O–H groups in total. The summed E-state index contributed by atoms with van der Waals surface area (Å²) in [6.07, 6.45) is 3.49. The molecule has 0 bridgehead atoms. The summed E-state index contributed by atoms with van der Waals surface area (Å²) in [4.78, 5) is 0. The standard InChI is InChI=1S/C13H17NO/c15-13(8-14-9-13)7-10-1-3-11(4-2-10)12-5-6-12/h1-4,12,14-15H,5-9H2. The van der Waals surface area contributed by atoms with Gasteiger partial charge in [0, 0.05) is 19.5 Å². The van der Waals surface area contributed by atoms with Crippen LogP contribution in [0.4, 0.5) is 0 Å². The van der Waals surface area contributed by atoms with E-state index >= 15 is 0 Å². The van der Waals surface area contributed by atoms with Gasteiger partial charge in [-0.25, -0.2) is 0 Å². The minimum absolute atomic E-state index is 0.485. The molecule has 1 saturated heterocycles. The first kappa shape index (κ1) is 9.37. The van der Waals surface area contributed by atoms with Crippen LogP contribution in [0, 0.1) is 0 Å². The number of rotatable bonds is 3. The Hall–Kier alpha value is -0.860. The summed E-state index contributed by atoms with van der Waals surface area (Å²) in [5, 5.41) is 13.1. The third-order valence-electron chi connectivity index (χ3n) is 3.47. The lowest BCUT2D eigenvalue weighted by Gasteiger charge is -2.37. The average molecular weight is 203 g/mol. The van der Waals surface area contributed by atoms with Crippen LogP contribution in [0.5, 0.6) is 0 Å². The van der Waals surface area contributed by atoms with E-state index in [1.54, 1.807) is 0 Å². The number of aliphatic hydroxyl groups is 1. The third-order valence-corrected chi connectivity index (χ3v) is 3.47. The van der Waals surface area contributed by atoms with Crippen LogP contribution in [-0.4, -0.2) is 23.8 Å². The van der Waals surface area contributed by atoms with Crippen LogP contribution >= 0.6 is 0 Å². The molecule has 1 aliphatic heterocycles. The van der Waals surface area contributed by atoms with E-state index in [2.05, 4.69) is 29.6 Å².